The van der Waals surface area contributed by atoms with Crippen molar-refractivity contribution in [2.45, 2.75) is 4.90 Å². The highest BCUT2D eigenvalue weighted by molar-refractivity contribution is 7.89. The summed E-state index contributed by atoms with van der Waals surface area (Å²) in [5, 5.41) is 2.66. The van der Waals surface area contributed by atoms with Crippen molar-refractivity contribution in [1.82, 2.24) is 9.37 Å². The Balaban J connectivity index is 2.34. The summed E-state index contributed by atoms with van der Waals surface area (Å²) < 4.78 is 25.4. The Morgan fingerprint density at radius 1 is 1.00 bits per heavy atom. The quantitative estimate of drug-likeness (QED) is 0.758. The highest BCUT2D eigenvalue weighted by Gasteiger charge is 2.22. The molecular formula is C18H21N3O5S. The Hall–Kier alpha value is -2.75. The largest absolute Gasteiger partial charge is 0.345 e. The number of hydrogen-bond donors (Lipinski definition) is 1. The topological polar surface area (TPSA) is 96.0 Å². The number of anilines is 1. The molecule has 0 spiro atoms. The Labute approximate surface area is 158 Å². The number of benzene rings is 2. The number of nitrogens with zero attached hydrogens (tertiary/aromatic N) is 2. The summed E-state index contributed by atoms with van der Waals surface area (Å²) in [5.41, 5.74) is 0.801. The lowest BCUT2D eigenvalue weighted by molar-refractivity contribution is -0.0258. The van der Waals surface area contributed by atoms with Gasteiger partial charge in [-0.15, -0.1) is 0 Å². The van der Waals surface area contributed by atoms with Crippen molar-refractivity contribution in [1.29, 1.82) is 0 Å². The SMILES string of the molecule is CON(C)S(=O)(=O)c1cccc(C(=O)Nc2ccccc2C(=O)N(C)C)c1. The number of para-hydroxylation sites is 1. The van der Waals surface area contributed by atoms with E-state index in [2.05, 4.69) is 5.32 Å². The predicted molar refractivity (Wildman–Crippen MR) is 101 cm³/mol. The molecule has 1 N–H and O–H groups in total. The number of rotatable bonds is 6. The van der Waals surface area contributed by atoms with Crippen molar-refractivity contribution in [3.63, 3.8) is 0 Å². The van der Waals surface area contributed by atoms with E-state index in [0.717, 1.165) is 0 Å². The van der Waals surface area contributed by atoms with Crippen LogP contribution in [-0.2, 0) is 14.9 Å². The zero-order valence-corrected chi connectivity index (χ0v) is 16.3. The van der Waals surface area contributed by atoms with E-state index in [0.29, 0.717) is 15.7 Å². The fourth-order valence-corrected chi connectivity index (χ4v) is 3.28. The molecule has 0 aliphatic heterocycles. The molecule has 0 aromatic heterocycles. The molecule has 27 heavy (non-hydrogen) atoms. The first-order valence-corrected chi connectivity index (χ1v) is 9.37. The minimum absolute atomic E-state index is 0.0860. The van der Waals surface area contributed by atoms with Gasteiger partial charge in [0, 0.05) is 26.7 Å². The maximum Gasteiger partial charge on any atom is 0.264 e. The molecule has 2 aromatic carbocycles. The van der Waals surface area contributed by atoms with Crippen molar-refractivity contribution in [2.75, 3.05) is 33.6 Å². The second-order valence-electron chi connectivity index (χ2n) is 5.82. The van der Waals surface area contributed by atoms with Gasteiger partial charge in [-0.2, -0.15) is 0 Å². The fourth-order valence-electron chi connectivity index (χ4n) is 2.26. The summed E-state index contributed by atoms with van der Waals surface area (Å²) in [5.74, 6) is -0.796. The van der Waals surface area contributed by atoms with Crippen LogP contribution in [0.4, 0.5) is 5.69 Å². The summed E-state index contributed by atoms with van der Waals surface area (Å²) in [6.45, 7) is 0. The molecule has 0 aliphatic carbocycles. The van der Waals surface area contributed by atoms with Gasteiger partial charge in [-0.05, 0) is 30.3 Å². The van der Waals surface area contributed by atoms with Crippen LogP contribution in [0, 0.1) is 0 Å². The second-order valence-corrected chi connectivity index (χ2v) is 7.76. The molecule has 0 radical (unpaired) electrons. The smallest absolute Gasteiger partial charge is 0.264 e. The lowest BCUT2D eigenvalue weighted by Gasteiger charge is -2.16. The average molecular weight is 391 g/mol. The first-order valence-electron chi connectivity index (χ1n) is 7.93. The zero-order valence-electron chi connectivity index (χ0n) is 15.5. The molecule has 0 saturated carbocycles. The van der Waals surface area contributed by atoms with Gasteiger partial charge in [0.2, 0.25) is 0 Å². The van der Waals surface area contributed by atoms with Gasteiger partial charge in [0.25, 0.3) is 21.8 Å². The van der Waals surface area contributed by atoms with Crippen molar-refractivity contribution in [2.24, 2.45) is 0 Å². The van der Waals surface area contributed by atoms with Crippen LogP contribution in [-0.4, -0.2) is 57.9 Å². The molecular weight excluding hydrogens is 370 g/mol. The third-order valence-electron chi connectivity index (χ3n) is 3.80. The van der Waals surface area contributed by atoms with Crippen LogP contribution < -0.4 is 5.32 Å². The second kappa shape index (κ2) is 8.30. The minimum atomic E-state index is -3.88. The number of carbonyl (C=O) groups excluding carboxylic acids is 2. The van der Waals surface area contributed by atoms with E-state index in [4.69, 9.17) is 4.84 Å². The lowest BCUT2D eigenvalue weighted by atomic mass is 10.1. The molecule has 2 rings (SSSR count). The third-order valence-corrected chi connectivity index (χ3v) is 5.48. The lowest BCUT2D eigenvalue weighted by Crippen LogP contribution is -2.26. The number of sulfonamides is 1. The number of hydrogen-bond acceptors (Lipinski definition) is 5. The van der Waals surface area contributed by atoms with Crippen LogP contribution >= 0.6 is 0 Å². The summed E-state index contributed by atoms with van der Waals surface area (Å²) in [7, 11) is 1.83. The minimum Gasteiger partial charge on any atom is -0.345 e. The van der Waals surface area contributed by atoms with Gasteiger partial charge in [-0.3, -0.25) is 14.4 Å². The first kappa shape index (κ1) is 20.6. The standard InChI is InChI=1S/C18H21N3O5S/c1-20(2)18(23)15-10-5-6-11-16(15)19-17(22)13-8-7-9-14(12-13)27(24,25)21(3)26-4/h5-12H,1-4H3,(H,19,22). The predicted octanol–water partition coefficient (Wildman–Crippen LogP) is 1.82. The van der Waals surface area contributed by atoms with Crippen LogP contribution in [0.1, 0.15) is 20.7 Å². The molecule has 0 heterocycles. The molecule has 9 heteroatoms. The average Bonchev–Trinajstić information content (AvgIpc) is 2.67. The Kier molecular flexibility index (Phi) is 6.32. The van der Waals surface area contributed by atoms with Crippen LogP contribution in [0.2, 0.25) is 0 Å². The Morgan fingerprint density at radius 2 is 1.67 bits per heavy atom. The van der Waals surface area contributed by atoms with Crippen molar-refractivity contribution < 1.29 is 22.8 Å². The normalized spacial score (nSPS) is 11.3. The summed E-state index contributed by atoms with van der Waals surface area (Å²) in [4.78, 5) is 30.9. The zero-order chi connectivity index (χ0) is 20.2. The van der Waals surface area contributed by atoms with Crippen LogP contribution in [0.5, 0.6) is 0 Å². The monoisotopic (exact) mass is 391 g/mol. The van der Waals surface area contributed by atoms with Gasteiger partial charge >= 0.3 is 0 Å². The van der Waals surface area contributed by atoms with Crippen molar-refractivity contribution in [3.05, 3.63) is 59.7 Å². The summed E-state index contributed by atoms with van der Waals surface area (Å²) in [6, 6.07) is 12.2. The molecule has 0 atom stereocenters. The van der Waals surface area contributed by atoms with Crippen molar-refractivity contribution >= 4 is 27.5 Å². The van der Waals surface area contributed by atoms with E-state index in [-0.39, 0.29) is 16.4 Å². The molecule has 2 aromatic rings. The van der Waals surface area contributed by atoms with E-state index in [1.165, 1.54) is 43.3 Å². The number of carbonyl (C=O) groups is 2. The molecule has 0 saturated heterocycles. The van der Waals surface area contributed by atoms with E-state index < -0.39 is 15.9 Å². The van der Waals surface area contributed by atoms with Gasteiger partial charge in [0.1, 0.15) is 0 Å². The molecule has 144 valence electrons. The van der Waals surface area contributed by atoms with Gasteiger partial charge in [0.05, 0.1) is 23.3 Å². The van der Waals surface area contributed by atoms with E-state index in [9.17, 15) is 18.0 Å². The van der Waals surface area contributed by atoms with Gasteiger partial charge in [-0.25, -0.2) is 8.42 Å². The van der Waals surface area contributed by atoms with E-state index >= 15 is 0 Å². The van der Waals surface area contributed by atoms with Crippen LogP contribution in [0.25, 0.3) is 0 Å². The maximum absolute atomic E-state index is 12.6. The highest BCUT2D eigenvalue weighted by Crippen LogP contribution is 2.20. The summed E-state index contributed by atoms with van der Waals surface area (Å²) in [6.07, 6.45) is 0. The van der Waals surface area contributed by atoms with E-state index in [1.807, 2.05) is 0 Å². The molecule has 2 amide bonds. The maximum atomic E-state index is 12.6. The molecule has 0 bridgehead atoms. The molecule has 8 nitrogen and oxygen atoms in total. The molecule has 0 aliphatic rings. The summed E-state index contributed by atoms with van der Waals surface area (Å²) >= 11 is 0. The third kappa shape index (κ3) is 4.51. The number of hydroxylamine groups is 1. The Bertz CT molecular complexity index is 957. The van der Waals surface area contributed by atoms with Crippen LogP contribution in [0.15, 0.2) is 53.4 Å². The van der Waals surface area contributed by atoms with Gasteiger partial charge < -0.3 is 10.2 Å². The first-order chi connectivity index (χ1) is 12.7. The van der Waals surface area contributed by atoms with Crippen molar-refractivity contribution in [3.8, 4) is 0 Å². The fraction of sp³-hybridized carbons (Fsp3) is 0.222. The van der Waals surface area contributed by atoms with E-state index in [1.54, 1.807) is 38.4 Å². The Morgan fingerprint density at radius 3 is 2.30 bits per heavy atom. The number of amides is 2. The van der Waals surface area contributed by atoms with Crippen LogP contribution in [0.3, 0.4) is 0 Å². The van der Waals surface area contributed by atoms with Gasteiger partial charge in [0.15, 0.2) is 0 Å². The van der Waals surface area contributed by atoms with Gasteiger partial charge in [-0.1, -0.05) is 22.7 Å². The molecule has 0 fully saturated rings. The number of nitrogens with one attached hydrogen (secondary N) is 1. The molecule has 0 unspecified atom stereocenters. The highest BCUT2D eigenvalue weighted by atomic mass is 32.2.